The smallest absolute Gasteiger partial charge is 0.219 e. The van der Waals surface area contributed by atoms with E-state index in [1.807, 2.05) is 18.2 Å². The number of hydrogen-bond acceptors (Lipinski definition) is 2. The van der Waals surface area contributed by atoms with Gasteiger partial charge in [0.25, 0.3) is 0 Å². The van der Waals surface area contributed by atoms with E-state index in [1.54, 1.807) is 0 Å². The third-order valence-electron chi connectivity index (χ3n) is 3.30. The third-order valence-corrected chi connectivity index (χ3v) is 3.30. The Kier molecular flexibility index (Phi) is 3.25. The number of piperidine rings is 1. The van der Waals surface area contributed by atoms with Crippen LogP contribution in [0.1, 0.15) is 31.2 Å². The molecule has 1 saturated heterocycles. The summed E-state index contributed by atoms with van der Waals surface area (Å²) in [5, 5.41) is 3.48. The Balaban J connectivity index is 2.29. The number of nitrogens with two attached hydrogens (primary N) is 1. The molecule has 1 aromatic carbocycles. The fraction of sp³-hybridized carbons (Fsp3) is 0.462. The molecule has 1 aliphatic heterocycles. The summed E-state index contributed by atoms with van der Waals surface area (Å²) >= 11 is 0. The van der Waals surface area contributed by atoms with Crippen LogP contribution in [0.3, 0.4) is 0 Å². The molecule has 1 amide bonds. The SMILES string of the molecule is NC(=O)CC1(c2ccccc2)CCCCN1. The lowest BCUT2D eigenvalue weighted by molar-refractivity contribution is -0.119. The van der Waals surface area contributed by atoms with Crippen molar-refractivity contribution in [3.8, 4) is 0 Å². The second-order valence-electron chi connectivity index (χ2n) is 4.48. The number of nitrogens with one attached hydrogen (secondary N) is 1. The minimum absolute atomic E-state index is 0.231. The molecule has 3 nitrogen and oxygen atoms in total. The first-order chi connectivity index (χ1) is 7.73. The normalized spacial score (nSPS) is 25.2. The Morgan fingerprint density at radius 3 is 2.62 bits per heavy atom. The molecule has 1 aromatic rings. The standard InChI is InChI=1S/C13H18N2O/c14-12(16)10-13(8-4-5-9-15-13)11-6-2-1-3-7-11/h1-3,6-7,15H,4-5,8-10H2,(H2,14,16). The van der Waals surface area contributed by atoms with E-state index in [1.165, 1.54) is 12.0 Å². The fourth-order valence-corrected chi connectivity index (χ4v) is 2.52. The van der Waals surface area contributed by atoms with Gasteiger partial charge in [-0.15, -0.1) is 0 Å². The van der Waals surface area contributed by atoms with Gasteiger partial charge in [-0.1, -0.05) is 30.3 Å². The van der Waals surface area contributed by atoms with Gasteiger partial charge in [0.05, 0.1) is 5.54 Å². The van der Waals surface area contributed by atoms with E-state index in [2.05, 4.69) is 17.4 Å². The number of rotatable bonds is 3. The lowest BCUT2D eigenvalue weighted by Crippen LogP contribution is -2.48. The second kappa shape index (κ2) is 4.66. The molecule has 0 radical (unpaired) electrons. The largest absolute Gasteiger partial charge is 0.370 e. The summed E-state index contributed by atoms with van der Waals surface area (Å²) in [5.74, 6) is -0.238. The highest BCUT2D eigenvalue weighted by atomic mass is 16.1. The zero-order chi connectivity index (χ0) is 11.4. The zero-order valence-electron chi connectivity index (χ0n) is 9.41. The summed E-state index contributed by atoms with van der Waals surface area (Å²) < 4.78 is 0. The molecule has 0 aromatic heterocycles. The number of amides is 1. The molecule has 16 heavy (non-hydrogen) atoms. The van der Waals surface area contributed by atoms with Crippen molar-refractivity contribution in [3.63, 3.8) is 0 Å². The summed E-state index contributed by atoms with van der Waals surface area (Å²) in [4.78, 5) is 11.2. The molecule has 1 atom stereocenters. The number of carbonyl (C=O) groups excluding carboxylic acids is 1. The first-order valence-corrected chi connectivity index (χ1v) is 5.82. The Labute approximate surface area is 96.0 Å². The molecule has 0 saturated carbocycles. The first-order valence-electron chi connectivity index (χ1n) is 5.82. The van der Waals surface area contributed by atoms with Crippen LogP contribution in [-0.4, -0.2) is 12.5 Å². The highest BCUT2D eigenvalue weighted by Gasteiger charge is 2.34. The van der Waals surface area contributed by atoms with Crippen LogP contribution in [0.15, 0.2) is 30.3 Å². The maximum Gasteiger partial charge on any atom is 0.219 e. The van der Waals surface area contributed by atoms with Crippen molar-refractivity contribution in [2.75, 3.05) is 6.54 Å². The van der Waals surface area contributed by atoms with E-state index in [4.69, 9.17) is 5.73 Å². The molecular weight excluding hydrogens is 200 g/mol. The molecule has 2 rings (SSSR count). The van der Waals surface area contributed by atoms with Crippen LogP contribution in [0.25, 0.3) is 0 Å². The Bertz CT molecular complexity index is 355. The molecule has 3 N–H and O–H groups in total. The number of hydrogen-bond donors (Lipinski definition) is 2. The molecule has 1 unspecified atom stereocenters. The van der Waals surface area contributed by atoms with Gasteiger partial charge in [-0.25, -0.2) is 0 Å². The maximum absolute atomic E-state index is 11.2. The number of primary amides is 1. The Hall–Kier alpha value is -1.35. The Morgan fingerprint density at radius 2 is 2.06 bits per heavy atom. The van der Waals surface area contributed by atoms with Crippen molar-refractivity contribution < 1.29 is 4.79 Å². The second-order valence-corrected chi connectivity index (χ2v) is 4.48. The molecule has 0 aliphatic carbocycles. The van der Waals surface area contributed by atoms with Crippen LogP contribution in [0.5, 0.6) is 0 Å². The molecule has 1 fully saturated rings. The van der Waals surface area contributed by atoms with Crippen LogP contribution in [0.2, 0.25) is 0 Å². The van der Waals surface area contributed by atoms with Gasteiger partial charge in [-0.2, -0.15) is 0 Å². The van der Waals surface area contributed by atoms with Crippen molar-refractivity contribution in [2.24, 2.45) is 5.73 Å². The monoisotopic (exact) mass is 218 g/mol. The van der Waals surface area contributed by atoms with Crippen molar-refractivity contribution in [3.05, 3.63) is 35.9 Å². The van der Waals surface area contributed by atoms with Crippen LogP contribution in [0.4, 0.5) is 0 Å². The Morgan fingerprint density at radius 1 is 1.31 bits per heavy atom. The molecule has 86 valence electrons. The highest BCUT2D eigenvalue weighted by Crippen LogP contribution is 2.33. The van der Waals surface area contributed by atoms with Crippen molar-refractivity contribution in [1.82, 2.24) is 5.32 Å². The molecule has 0 spiro atoms. The van der Waals surface area contributed by atoms with Gasteiger partial charge in [0.1, 0.15) is 0 Å². The predicted octanol–water partition coefficient (Wildman–Crippen LogP) is 1.53. The average Bonchev–Trinajstić information content (AvgIpc) is 2.30. The highest BCUT2D eigenvalue weighted by molar-refractivity contribution is 5.75. The van der Waals surface area contributed by atoms with Crippen LogP contribution >= 0.6 is 0 Å². The van der Waals surface area contributed by atoms with Gasteiger partial charge in [-0.05, 0) is 31.4 Å². The van der Waals surface area contributed by atoms with E-state index in [9.17, 15) is 4.79 Å². The molecule has 1 heterocycles. The molecule has 1 aliphatic rings. The van der Waals surface area contributed by atoms with Gasteiger partial charge in [0.15, 0.2) is 0 Å². The first kappa shape index (κ1) is 11.1. The minimum Gasteiger partial charge on any atom is -0.370 e. The molecule has 3 heteroatoms. The average molecular weight is 218 g/mol. The zero-order valence-corrected chi connectivity index (χ0v) is 9.41. The van der Waals surface area contributed by atoms with Crippen LogP contribution in [0, 0.1) is 0 Å². The van der Waals surface area contributed by atoms with E-state index in [-0.39, 0.29) is 11.4 Å². The number of benzene rings is 1. The lowest BCUT2D eigenvalue weighted by Gasteiger charge is -2.38. The van der Waals surface area contributed by atoms with Gasteiger partial charge >= 0.3 is 0 Å². The van der Waals surface area contributed by atoms with E-state index in [0.717, 1.165) is 19.4 Å². The van der Waals surface area contributed by atoms with E-state index < -0.39 is 0 Å². The van der Waals surface area contributed by atoms with E-state index >= 15 is 0 Å². The van der Waals surface area contributed by atoms with Crippen LogP contribution < -0.4 is 11.1 Å². The summed E-state index contributed by atoms with van der Waals surface area (Å²) in [6.45, 7) is 0.960. The third kappa shape index (κ3) is 2.25. The summed E-state index contributed by atoms with van der Waals surface area (Å²) in [5.41, 5.74) is 6.31. The lowest BCUT2D eigenvalue weighted by atomic mass is 9.79. The topological polar surface area (TPSA) is 55.1 Å². The van der Waals surface area contributed by atoms with Crippen molar-refractivity contribution in [2.45, 2.75) is 31.2 Å². The van der Waals surface area contributed by atoms with Gasteiger partial charge < -0.3 is 11.1 Å². The van der Waals surface area contributed by atoms with Gasteiger partial charge in [-0.3, -0.25) is 4.79 Å². The van der Waals surface area contributed by atoms with Crippen molar-refractivity contribution >= 4 is 5.91 Å². The van der Waals surface area contributed by atoms with Gasteiger partial charge in [0, 0.05) is 6.42 Å². The number of carbonyl (C=O) groups is 1. The molecular formula is C13H18N2O. The quantitative estimate of drug-likeness (QED) is 0.808. The van der Waals surface area contributed by atoms with E-state index in [0.29, 0.717) is 6.42 Å². The molecule has 0 bridgehead atoms. The maximum atomic E-state index is 11.2. The predicted molar refractivity (Wildman–Crippen MR) is 63.8 cm³/mol. The van der Waals surface area contributed by atoms with Gasteiger partial charge in [0.2, 0.25) is 5.91 Å². The fourth-order valence-electron chi connectivity index (χ4n) is 2.52. The summed E-state index contributed by atoms with van der Waals surface area (Å²) in [6, 6.07) is 10.1. The van der Waals surface area contributed by atoms with Crippen molar-refractivity contribution in [1.29, 1.82) is 0 Å². The minimum atomic E-state index is -0.238. The van der Waals surface area contributed by atoms with Crippen LogP contribution in [-0.2, 0) is 10.3 Å². The summed E-state index contributed by atoms with van der Waals surface area (Å²) in [7, 11) is 0. The summed E-state index contributed by atoms with van der Waals surface area (Å²) in [6.07, 6.45) is 3.69.